The highest BCUT2D eigenvalue weighted by molar-refractivity contribution is 6.42. The van der Waals surface area contributed by atoms with Crippen molar-refractivity contribution in [3.63, 3.8) is 0 Å². The molecule has 0 radical (unpaired) electrons. The summed E-state index contributed by atoms with van der Waals surface area (Å²) in [4.78, 5) is 36.5. The molecule has 8 nitrogen and oxygen atoms in total. The van der Waals surface area contributed by atoms with Crippen LogP contribution in [0.1, 0.15) is 31.8 Å². The van der Waals surface area contributed by atoms with Crippen LogP contribution in [0, 0.1) is 6.92 Å². The first-order valence-electron chi connectivity index (χ1n) is 10.3. The van der Waals surface area contributed by atoms with Gasteiger partial charge in [0.2, 0.25) is 0 Å². The van der Waals surface area contributed by atoms with Crippen molar-refractivity contribution in [2.75, 3.05) is 13.7 Å². The molecule has 0 saturated carbocycles. The van der Waals surface area contributed by atoms with Crippen LogP contribution >= 0.6 is 23.2 Å². The third-order valence-corrected chi connectivity index (χ3v) is 5.38. The van der Waals surface area contributed by atoms with Crippen LogP contribution in [0.25, 0.3) is 0 Å². The Labute approximate surface area is 211 Å². The molecule has 3 aromatic carbocycles. The highest BCUT2D eigenvalue weighted by atomic mass is 35.5. The molecule has 0 aliphatic rings. The number of benzene rings is 3. The van der Waals surface area contributed by atoms with E-state index >= 15 is 0 Å². The number of amides is 2. The first kappa shape index (κ1) is 25.7. The normalized spacial score (nSPS) is 10.6. The number of aryl methyl sites for hydroxylation is 1. The maximum atomic E-state index is 12.4. The van der Waals surface area contributed by atoms with Crippen LogP contribution in [0.2, 0.25) is 10.0 Å². The lowest BCUT2D eigenvalue weighted by Gasteiger charge is -2.10. The number of rotatable bonds is 8. The van der Waals surface area contributed by atoms with Crippen LogP contribution in [-0.4, -0.2) is 37.7 Å². The minimum Gasteiger partial charge on any atom is -0.493 e. The molecule has 0 aliphatic heterocycles. The molecule has 0 aliphatic carbocycles. The maximum absolute atomic E-state index is 12.4. The molecule has 0 aromatic heterocycles. The van der Waals surface area contributed by atoms with Gasteiger partial charge in [0.1, 0.15) is 0 Å². The summed E-state index contributed by atoms with van der Waals surface area (Å²) in [5, 5.41) is 6.96. The molecule has 2 amide bonds. The Morgan fingerprint density at radius 2 is 1.74 bits per heavy atom. The number of ether oxygens (including phenoxy) is 2. The van der Waals surface area contributed by atoms with E-state index in [0.717, 1.165) is 5.56 Å². The lowest BCUT2D eigenvalue weighted by atomic mass is 10.1. The minimum atomic E-state index is -0.636. The number of carbonyl (C=O) groups is 3. The quantitative estimate of drug-likeness (QED) is 0.201. The summed E-state index contributed by atoms with van der Waals surface area (Å²) in [5.74, 6) is -1.03. The molecule has 3 rings (SSSR count). The van der Waals surface area contributed by atoms with Gasteiger partial charge >= 0.3 is 5.97 Å². The predicted molar refractivity (Wildman–Crippen MR) is 134 cm³/mol. The Hall–Kier alpha value is -3.88. The fourth-order valence-electron chi connectivity index (χ4n) is 2.90. The van der Waals surface area contributed by atoms with Gasteiger partial charge in [-0.2, -0.15) is 5.10 Å². The molecule has 0 bridgehead atoms. The summed E-state index contributed by atoms with van der Waals surface area (Å²) in [6.45, 7) is 1.64. The molecule has 0 atom stereocenters. The number of hydrogen-bond donors (Lipinski definition) is 2. The Kier molecular flexibility index (Phi) is 8.83. The summed E-state index contributed by atoms with van der Waals surface area (Å²) >= 11 is 11.8. The summed E-state index contributed by atoms with van der Waals surface area (Å²) in [7, 11) is 1.42. The summed E-state index contributed by atoms with van der Waals surface area (Å²) in [6, 6.07) is 16.2. The molecule has 0 unspecified atom stereocenters. The van der Waals surface area contributed by atoms with Crippen molar-refractivity contribution in [3.05, 3.63) is 93.0 Å². The maximum Gasteiger partial charge on any atom is 0.343 e. The zero-order chi connectivity index (χ0) is 25.4. The first-order chi connectivity index (χ1) is 16.8. The van der Waals surface area contributed by atoms with Gasteiger partial charge in [-0.3, -0.25) is 9.59 Å². The van der Waals surface area contributed by atoms with E-state index in [9.17, 15) is 14.4 Å². The van der Waals surface area contributed by atoms with Crippen molar-refractivity contribution in [2.45, 2.75) is 6.92 Å². The van der Waals surface area contributed by atoms with E-state index < -0.39 is 11.9 Å². The van der Waals surface area contributed by atoms with Crippen LogP contribution in [0.3, 0.4) is 0 Å². The Morgan fingerprint density at radius 3 is 2.46 bits per heavy atom. The number of hydrogen-bond acceptors (Lipinski definition) is 6. The van der Waals surface area contributed by atoms with Gasteiger partial charge in [0.05, 0.1) is 35.5 Å². The number of esters is 1. The number of methoxy groups -OCH3 is 1. The molecule has 180 valence electrons. The topological polar surface area (TPSA) is 106 Å². The van der Waals surface area contributed by atoms with Gasteiger partial charge in [0.15, 0.2) is 11.5 Å². The van der Waals surface area contributed by atoms with Crippen LogP contribution in [0.5, 0.6) is 11.5 Å². The molecule has 0 spiro atoms. The van der Waals surface area contributed by atoms with Gasteiger partial charge in [-0.1, -0.05) is 40.9 Å². The minimum absolute atomic E-state index is 0.184. The molecule has 0 heterocycles. The fourth-order valence-corrected chi connectivity index (χ4v) is 3.20. The van der Waals surface area contributed by atoms with Gasteiger partial charge in [-0.15, -0.1) is 0 Å². The van der Waals surface area contributed by atoms with E-state index in [1.165, 1.54) is 37.6 Å². The molecule has 3 aromatic rings. The van der Waals surface area contributed by atoms with Gasteiger partial charge in [0, 0.05) is 5.56 Å². The van der Waals surface area contributed by atoms with E-state index in [4.69, 9.17) is 32.7 Å². The second kappa shape index (κ2) is 12.0. The SMILES string of the molecule is COc1cc(/C=N\NC(=O)CNC(=O)c2cccc(C)c2)ccc1OC(=O)c1ccc(Cl)c(Cl)c1. The van der Waals surface area contributed by atoms with E-state index in [0.29, 0.717) is 16.1 Å². The number of hydrazone groups is 1. The molecule has 10 heteroatoms. The van der Waals surface area contributed by atoms with Crippen LogP contribution in [-0.2, 0) is 4.79 Å². The van der Waals surface area contributed by atoms with Gasteiger partial charge in [-0.05, 0) is 61.0 Å². The lowest BCUT2D eigenvalue weighted by Crippen LogP contribution is -2.34. The zero-order valence-corrected chi connectivity index (χ0v) is 20.3. The molecule has 0 saturated heterocycles. The Balaban J connectivity index is 1.55. The van der Waals surface area contributed by atoms with Crippen molar-refractivity contribution in [1.82, 2.24) is 10.7 Å². The van der Waals surface area contributed by atoms with Crippen LogP contribution < -0.4 is 20.2 Å². The Morgan fingerprint density at radius 1 is 0.943 bits per heavy atom. The number of nitrogens with one attached hydrogen (secondary N) is 2. The average molecular weight is 514 g/mol. The fraction of sp³-hybridized carbons (Fsp3) is 0.120. The molecular formula is C25H21Cl2N3O5. The van der Waals surface area contributed by atoms with E-state index in [1.54, 1.807) is 30.3 Å². The highest BCUT2D eigenvalue weighted by Gasteiger charge is 2.14. The van der Waals surface area contributed by atoms with Crippen molar-refractivity contribution in [1.29, 1.82) is 0 Å². The van der Waals surface area contributed by atoms with Crippen molar-refractivity contribution >= 4 is 47.2 Å². The largest absolute Gasteiger partial charge is 0.493 e. The predicted octanol–water partition coefficient (Wildman–Crippen LogP) is 4.41. The summed E-state index contributed by atoms with van der Waals surface area (Å²) in [6.07, 6.45) is 1.38. The van der Waals surface area contributed by atoms with E-state index in [2.05, 4.69) is 15.8 Å². The van der Waals surface area contributed by atoms with Crippen LogP contribution in [0.15, 0.2) is 65.8 Å². The monoisotopic (exact) mass is 513 g/mol. The molecule has 0 fully saturated rings. The first-order valence-corrected chi connectivity index (χ1v) is 11.0. The van der Waals surface area contributed by atoms with Crippen molar-refractivity contribution in [3.8, 4) is 11.5 Å². The van der Waals surface area contributed by atoms with Gasteiger partial charge < -0.3 is 14.8 Å². The second-order valence-corrected chi connectivity index (χ2v) is 8.09. The second-order valence-electron chi connectivity index (χ2n) is 7.27. The van der Waals surface area contributed by atoms with Gasteiger partial charge in [0.25, 0.3) is 11.8 Å². The molecule has 35 heavy (non-hydrogen) atoms. The average Bonchev–Trinajstić information content (AvgIpc) is 2.84. The zero-order valence-electron chi connectivity index (χ0n) is 18.8. The van der Waals surface area contributed by atoms with Crippen LogP contribution in [0.4, 0.5) is 0 Å². The highest BCUT2D eigenvalue weighted by Crippen LogP contribution is 2.29. The Bertz CT molecular complexity index is 1290. The van der Waals surface area contributed by atoms with Crippen molar-refractivity contribution in [2.24, 2.45) is 5.10 Å². The molecular weight excluding hydrogens is 493 g/mol. The summed E-state index contributed by atoms with van der Waals surface area (Å²) in [5.41, 5.74) is 4.54. The number of halogens is 2. The number of carbonyl (C=O) groups excluding carboxylic acids is 3. The summed E-state index contributed by atoms with van der Waals surface area (Å²) < 4.78 is 10.7. The third-order valence-electron chi connectivity index (χ3n) is 4.64. The third kappa shape index (κ3) is 7.30. The standard InChI is InChI=1S/C25H21Cl2N3O5/c1-15-4-3-5-17(10-15)24(32)28-14-23(31)30-29-13-16-6-9-21(22(11-16)34-2)35-25(33)18-7-8-19(26)20(27)12-18/h3-13H,14H2,1-2H3,(H,28,32)(H,30,31)/b29-13-. The van der Waals surface area contributed by atoms with E-state index in [1.807, 2.05) is 13.0 Å². The smallest absolute Gasteiger partial charge is 0.343 e. The van der Waals surface area contributed by atoms with Gasteiger partial charge in [-0.25, -0.2) is 10.2 Å². The lowest BCUT2D eigenvalue weighted by molar-refractivity contribution is -0.120. The number of nitrogens with zero attached hydrogens (tertiary/aromatic N) is 1. The van der Waals surface area contributed by atoms with E-state index in [-0.39, 0.29) is 34.5 Å². The van der Waals surface area contributed by atoms with Crippen molar-refractivity contribution < 1.29 is 23.9 Å². The molecule has 2 N–H and O–H groups in total.